The van der Waals surface area contributed by atoms with Crippen molar-refractivity contribution in [1.82, 2.24) is 4.98 Å². The lowest BCUT2D eigenvalue weighted by molar-refractivity contribution is 0.871. The van der Waals surface area contributed by atoms with E-state index in [-0.39, 0.29) is 0 Å². The van der Waals surface area contributed by atoms with Crippen LogP contribution in [0.4, 0.5) is 11.4 Å². The molecule has 0 N–H and O–H groups in total. The Bertz CT molecular complexity index is 1270. The summed E-state index contributed by atoms with van der Waals surface area (Å²) in [6, 6.07) is 13.3. The van der Waals surface area contributed by atoms with Gasteiger partial charge < -0.3 is 0 Å². The summed E-state index contributed by atoms with van der Waals surface area (Å²) in [6.07, 6.45) is 16.7. The van der Waals surface area contributed by atoms with Crippen molar-refractivity contribution < 1.29 is 0 Å². The SMILES string of the molecule is CCCc1cc(CCC)c(N=Cc2ccc(Cl)c(C=Nc3c(CCC)cc(CCC)cc3CCC)n2)c(CCC)c1. The maximum atomic E-state index is 6.63. The molecule has 0 amide bonds. The highest BCUT2D eigenvalue weighted by Crippen LogP contribution is 2.31. The van der Waals surface area contributed by atoms with Gasteiger partial charge in [-0.2, -0.15) is 0 Å². The van der Waals surface area contributed by atoms with Crippen LogP contribution in [0.5, 0.6) is 0 Å². The molecule has 41 heavy (non-hydrogen) atoms. The summed E-state index contributed by atoms with van der Waals surface area (Å²) in [5.74, 6) is 0. The summed E-state index contributed by atoms with van der Waals surface area (Å²) >= 11 is 6.63. The number of rotatable bonds is 16. The molecule has 0 bridgehead atoms. The molecule has 0 spiro atoms. The van der Waals surface area contributed by atoms with Gasteiger partial charge in [0.2, 0.25) is 0 Å². The van der Waals surface area contributed by atoms with Gasteiger partial charge in [0, 0.05) is 0 Å². The quantitative estimate of drug-likeness (QED) is 0.157. The highest BCUT2D eigenvalue weighted by molar-refractivity contribution is 6.32. The molecule has 0 aliphatic rings. The lowest BCUT2D eigenvalue weighted by atomic mass is 9.95. The molecule has 1 aromatic heterocycles. The second-order valence-electron chi connectivity index (χ2n) is 11.1. The van der Waals surface area contributed by atoms with Crippen molar-refractivity contribution in [1.29, 1.82) is 0 Å². The molecule has 3 aromatic rings. The molecule has 0 radical (unpaired) electrons. The van der Waals surface area contributed by atoms with Gasteiger partial charge in [-0.05, 0) is 84.0 Å². The number of halogens is 1. The first kappa shape index (κ1) is 32.7. The molecule has 0 aliphatic heterocycles. The molecule has 0 unspecified atom stereocenters. The Hall–Kier alpha value is -2.78. The van der Waals surface area contributed by atoms with Crippen molar-refractivity contribution in [2.45, 2.75) is 119 Å². The highest BCUT2D eigenvalue weighted by atomic mass is 35.5. The number of hydrogen-bond acceptors (Lipinski definition) is 3. The minimum atomic E-state index is 0.602. The van der Waals surface area contributed by atoms with Gasteiger partial charge in [0.1, 0.15) is 5.69 Å². The molecule has 1 heterocycles. The number of aromatic nitrogens is 1. The van der Waals surface area contributed by atoms with Crippen molar-refractivity contribution in [2.75, 3.05) is 0 Å². The fraction of sp³-hybridized carbons (Fsp3) is 0.486. The zero-order valence-electron chi connectivity index (χ0n) is 26.3. The summed E-state index contributed by atoms with van der Waals surface area (Å²) in [5.41, 5.74) is 11.8. The van der Waals surface area contributed by atoms with Crippen LogP contribution in [-0.4, -0.2) is 17.4 Å². The Morgan fingerprint density at radius 1 is 0.561 bits per heavy atom. The average Bonchev–Trinajstić information content (AvgIpc) is 2.94. The highest BCUT2D eigenvalue weighted by Gasteiger charge is 2.12. The molecule has 220 valence electrons. The number of benzene rings is 2. The predicted octanol–water partition coefficient (Wildman–Crippen LogP) is 11.0. The maximum Gasteiger partial charge on any atom is 0.101 e. The lowest BCUT2D eigenvalue weighted by Gasteiger charge is -2.14. The first-order valence-corrected chi connectivity index (χ1v) is 16.4. The minimum Gasteiger partial charge on any atom is -0.254 e. The van der Waals surface area contributed by atoms with E-state index in [0.29, 0.717) is 10.7 Å². The molecule has 0 fully saturated rings. The predicted molar refractivity (Wildman–Crippen MR) is 181 cm³/mol. The Balaban J connectivity index is 2.00. The molecule has 0 aliphatic carbocycles. The molecule has 3 rings (SSSR count). The summed E-state index contributed by atoms with van der Waals surface area (Å²) in [5, 5.41) is 0.602. The smallest absolute Gasteiger partial charge is 0.101 e. The lowest BCUT2D eigenvalue weighted by Crippen LogP contribution is -1.99. The number of pyridine rings is 1. The topological polar surface area (TPSA) is 37.6 Å². The van der Waals surface area contributed by atoms with Crippen molar-refractivity contribution in [3.8, 4) is 0 Å². The molecule has 0 saturated carbocycles. The van der Waals surface area contributed by atoms with Crippen LogP contribution in [0, 0.1) is 0 Å². The number of aliphatic imine (C=N–C) groups is 2. The van der Waals surface area contributed by atoms with Gasteiger partial charge in [0.05, 0.1) is 34.5 Å². The van der Waals surface area contributed by atoms with Gasteiger partial charge in [-0.1, -0.05) is 116 Å². The van der Waals surface area contributed by atoms with Crippen LogP contribution in [-0.2, 0) is 38.5 Å². The van der Waals surface area contributed by atoms with Crippen LogP contribution in [0.1, 0.15) is 125 Å². The van der Waals surface area contributed by atoms with E-state index in [4.69, 9.17) is 26.6 Å². The molecular formula is C37H50ClN3. The zero-order valence-corrected chi connectivity index (χ0v) is 27.1. The average molecular weight is 572 g/mol. The van der Waals surface area contributed by atoms with Gasteiger partial charge in [-0.25, -0.2) is 4.98 Å². The molecule has 4 heteroatoms. The summed E-state index contributed by atoms with van der Waals surface area (Å²) in [7, 11) is 0. The van der Waals surface area contributed by atoms with E-state index in [9.17, 15) is 0 Å². The van der Waals surface area contributed by atoms with Crippen LogP contribution in [0.25, 0.3) is 0 Å². The van der Waals surface area contributed by atoms with E-state index < -0.39 is 0 Å². The van der Waals surface area contributed by atoms with E-state index in [0.717, 1.165) is 94.1 Å². The second-order valence-corrected chi connectivity index (χ2v) is 11.6. The van der Waals surface area contributed by atoms with E-state index in [1.165, 1.54) is 33.4 Å². The van der Waals surface area contributed by atoms with E-state index in [1.54, 1.807) is 0 Å². The first-order valence-electron chi connectivity index (χ1n) is 16.0. The number of nitrogens with zero attached hydrogens (tertiary/aromatic N) is 3. The normalized spacial score (nSPS) is 11.8. The first-order chi connectivity index (χ1) is 20.0. The maximum absolute atomic E-state index is 6.63. The molecule has 0 atom stereocenters. The van der Waals surface area contributed by atoms with E-state index in [2.05, 4.69) is 65.8 Å². The summed E-state index contributed by atoms with van der Waals surface area (Å²) in [6.45, 7) is 13.4. The molecule has 3 nitrogen and oxygen atoms in total. The third kappa shape index (κ3) is 9.36. The van der Waals surface area contributed by atoms with Crippen molar-refractivity contribution in [2.24, 2.45) is 9.98 Å². The molecule has 2 aromatic carbocycles. The standard InChI is InChI=1S/C37H50ClN3/c1-7-13-27-21-29(15-9-3)36(30(22-27)16-10-4)39-25-33-19-20-34(38)35(41-33)26-40-37-31(17-11-5)23-28(14-8-2)24-32(37)18-12-6/h19-26H,7-18H2,1-6H3. The van der Waals surface area contributed by atoms with Crippen LogP contribution in [0.2, 0.25) is 5.02 Å². The Kier molecular flexibility index (Phi) is 13.8. The van der Waals surface area contributed by atoms with Gasteiger partial charge in [0.25, 0.3) is 0 Å². The van der Waals surface area contributed by atoms with Crippen molar-refractivity contribution >= 4 is 35.4 Å². The Labute approximate surface area is 254 Å². The molecular weight excluding hydrogens is 522 g/mol. The van der Waals surface area contributed by atoms with Crippen molar-refractivity contribution in [3.63, 3.8) is 0 Å². The van der Waals surface area contributed by atoms with Gasteiger partial charge in [0.15, 0.2) is 0 Å². The van der Waals surface area contributed by atoms with Crippen LogP contribution in [0.15, 0.2) is 46.4 Å². The fourth-order valence-electron chi connectivity index (χ4n) is 5.59. The van der Waals surface area contributed by atoms with E-state index in [1.807, 2.05) is 24.6 Å². The molecule has 0 saturated heterocycles. The Morgan fingerprint density at radius 3 is 1.34 bits per heavy atom. The van der Waals surface area contributed by atoms with Crippen LogP contribution >= 0.6 is 11.6 Å². The third-order valence-corrected chi connectivity index (χ3v) is 7.67. The third-order valence-electron chi connectivity index (χ3n) is 7.35. The van der Waals surface area contributed by atoms with Gasteiger partial charge in [-0.3, -0.25) is 9.98 Å². The van der Waals surface area contributed by atoms with E-state index >= 15 is 0 Å². The van der Waals surface area contributed by atoms with Gasteiger partial charge >= 0.3 is 0 Å². The van der Waals surface area contributed by atoms with Crippen LogP contribution < -0.4 is 0 Å². The van der Waals surface area contributed by atoms with Crippen LogP contribution in [0.3, 0.4) is 0 Å². The van der Waals surface area contributed by atoms with Gasteiger partial charge in [-0.15, -0.1) is 0 Å². The minimum absolute atomic E-state index is 0.602. The number of hydrogen-bond donors (Lipinski definition) is 0. The fourth-order valence-corrected chi connectivity index (χ4v) is 5.75. The monoisotopic (exact) mass is 571 g/mol. The summed E-state index contributed by atoms with van der Waals surface area (Å²) in [4.78, 5) is 14.9. The second kappa shape index (κ2) is 17.2. The number of aryl methyl sites for hydroxylation is 6. The van der Waals surface area contributed by atoms with Crippen molar-refractivity contribution in [3.05, 3.63) is 86.2 Å². The summed E-state index contributed by atoms with van der Waals surface area (Å²) < 4.78 is 0. The zero-order chi connectivity index (χ0) is 29.6. The largest absolute Gasteiger partial charge is 0.254 e. The Morgan fingerprint density at radius 2 is 0.951 bits per heavy atom.